The number of nitrogens with zero attached hydrogens (tertiary/aromatic N) is 2. The number of nitrogens with one attached hydrogen (secondary N) is 1. The second-order valence-corrected chi connectivity index (χ2v) is 8.78. The molecule has 29 heavy (non-hydrogen) atoms. The maximum atomic E-state index is 13.1. The van der Waals surface area contributed by atoms with E-state index in [-0.39, 0.29) is 24.2 Å². The summed E-state index contributed by atoms with van der Waals surface area (Å²) in [5, 5.41) is 2.80. The molecule has 7 heteroatoms. The molecule has 2 amide bonds. The number of carbonyl (C=O) groups excluding carboxylic acids is 2. The van der Waals surface area contributed by atoms with Crippen molar-refractivity contribution in [1.29, 1.82) is 0 Å². The van der Waals surface area contributed by atoms with Gasteiger partial charge in [-0.25, -0.2) is 4.39 Å². The molecule has 2 heterocycles. The first-order chi connectivity index (χ1) is 14.1. The van der Waals surface area contributed by atoms with Crippen LogP contribution in [0.2, 0.25) is 0 Å². The normalized spacial score (nSPS) is 16.9. The molecule has 4 rings (SSSR count). The minimum atomic E-state index is -0.247. The summed E-state index contributed by atoms with van der Waals surface area (Å²) in [6, 6.07) is 8.45. The van der Waals surface area contributed by atoms with Crippen LogP contribution in [0, 0.1) is 5.82 Å². The van der Waals surface area contributed by atoms with Crippen LogP contribution in [0.3, 0.4) is 0 Å². The van der Waals surface area contributed by atoms with Crippen molar-refractivity contribution < 1.29 is 14.0 Å². The molecule has 2 aromatic rings. The fourth-order valence-corrected chi connectivity index (χ4v) is 5.20. The number of aryl methyl sites for hydroxylation is 2. The van der Waals surface area contributed by atoms with E-state index < -0.39 is 0 Å². The van der Waals surface area contributed by atoms with Crippen molar-refractivity contribution in [3.8, 4) is 0 Å². The second-order valence-electron chi connectivity index (χ2n) is 7.65. The Morgan fingerprint density at radius 2 is 1.79 bits per heavy atom. The Kier molecular flexibility index (Phi) is 6.13. The van der Waals surface area contributed by atoms with Crippen LogP contribution in [-0.4, -0.2) is 49.4 Å². The Labute approximate surface area is 174 Å². The standard InChI is InChI=1S/C22H26FN3O2S/c23-17-6-8-18(9-7-17)25-10-3-11-26(13-12-25)21(27)15-24-22(28)20-14-16-4-1-2-5-19(16)29-20/h6-9,14H,1-5,10-13,15H2,(H,24,28). The average Bonchev–Trinajstić information content (AvgIpc) is 3.02. The summed E-state index contributed by atoms with van der Waals surface area (Å²) in [5.74, 6) is -0.455. The third-order valence-corrected chi connectivity index (χ3v) is 6.90. The smallest absolute Gasteiger partial charge is 0.261 e. The van der Waals surface area contributed by atoms with Crippen molar-refractivity contribution in [2.75, 3.05) is 37.6 Å². The molecule has 0 atom stereocenters. The largest absolute Gasteiger partial charge is 0.370 e. The molecule has 1 aromatic heterocycles. The number of halogens is 1. The Morgan fingerprint density at radius 1 is 1.00 bits per heavy atom. The molecule has 1 aliphatic carbocycles. The van der Waals surface area contributed by atoms with E-state index in [0.29, 0.717) is 24.5 Å². The highest BCUT2D eigenvalue weighted by atomic mass is 32.1. The van der Waals surface area contributed by atoms with E-state index in [1.165, 1.54) is 35.4 Å². The highest BCUT2D eigenvalue weighted by Gasteiger charge is 2.21. The summed E-state index contributed by atoms with van der Waals surface area (Å²) < 4.78 is 13.1. The van der Waals surface area contributed by atoms with E-state index in [0.717, 1.165) is 31.5 Å². The van der Waals surface area contributed by atoms with Crippen LogP contribution in [0.25, 0.3) is 0 Å². The molecule has 154 valence electrons. The molecule has 1 aromatic carbocycles. The van der Waals surface area contributed by atoms with E-state index >= 15 is 0 Å². The van der Waals surface area contributed by atoms with E-state index in [2.05, 4.69) is 10.2 Å². The SMILES string of the molecule is O=C(NCC(=O)N1CCCN(c2ccc(F)cc2)CC1)c1cc2c(s1)CCCC2. The summed E-state index contributed by atoms with van der Waals surface area (Å²) in [7, 11) is 0. The van der Waals surface area contributed by atoms with Gasteiger partial charge in [0.05, 0.1) is 11.4 Å². The lowest BCUT2D eigenvalue weighted by atomic mass is 9.99. The van der Waals surface area contributed by atoms with Crippen LogP contribution in [-0.2, 0) is 17.6 Å². The van der Waals surface area contributed by atoms with Crippen LogP contribution < -0.4 is 10.2 Å². The fourth-order valence-electron chi connectivity index (χ4n) is 4.03. The first kappa shape index (κ1) is 19.9. The number of thiophene rings is 1. The van der Waals surface area contributed by atoms with Gasteiger partial charge in [-0.3, -0.25) is 9.59 Å². The van der Waals surface area contributed by atoms with Crippen LogP contribution in [0.1, 0.15) is 39.4 Å². The summed E-state index contributed by atoms with van der Waals surface area (Å²) >= 11 is 1.56. The minimum Gasteiger partial charge on any atom is -0.370 e. The number of fused-ring (bicyclic) bond motifs is 1. The Bertz CT molecular complexity index is 857. The Hall–Kier alpha value is -2.41. The quantitative estimate of drug-likeness (QED) is 0.834. The van der Waals surface area contributed by atoms with Gasteiger partial charge >= 0.3 is 0 Å². The monoisotopic (exact) mass is 415 g/mol. The van der Waals surface area contributed by atoms with Crippen molar-refractivity contribution in [3.05, 3.63) is 51.5 Å². The molecule has 0 bridgehead atoms. The average molecular weight is 416 g/mol. The maximum Gasteiger partial charge on any atom is 0.261 e. The highest BCUT2D eigenvalue weighted by molar-refractivity contribution is 7.14. The number of rotatable bonds is 4. The third kappa shape index (κ3) is 4.78. The first-order valence-corrected chi connectivity index (χ1v) is 11.1. The fraction of sp³-hybridized carbons (Fsp3) is 0.455. The number of hydrogen-bond donors (Lipinski definition) is 1. The zero-order valence-electron chi connectivity index (χ0n) is 16.5. The van der Waals surface area contributed by atoms with Gasteiger partial charge in [0.1, 0.15) is 5.82 Å². The predicted molar refractivity (Wildman–Crippen MR) is 113 cm³/mol. The number of amides is 2. The molecule has 0 saturated carbocycles. The molecule has 1 fully saturated rings. The third-order valence-electron chi connectivity index (χ3n) is 5.66. The van der Waals surface area contributed by atoms with Gasteiger partial charge in [0.25, 0.3) is 5.91 Å². The van der Waals surface area contributed by atoms with Crippen molar-refractivity contribution >= 4 is 28.8 Å². The maximum absolute atomic E-state index is 13.1. The lowest BCUT2D eigenvalue weighted by Gasteiger charge is -2.23. The Morgan fingerprint density at radius 3 is 2.59 bits per heavy atom. The van der Waals surface area contributed by atoms with Crippen LogP contribution in [0.5, 0.6) is 0 Å². The topological polar surface area (TPSA) is 52.7 Å². The number of anilines is 1. The molecule has 2 aliphatic rings. The summed E-state index contributed by atoms with van der Waals surface area (Å²) in [5.41, 5.74) is 2.27. The highest BCUT2D eigenvalue weighted by Crippen LogP contribution is 2.29. The van der Waals surface area contributed by atoms with Crippen LogP contribution in [0.4, 0.5) is 10.1 Å². The summed E-state index contributed by atoms with van der Waals surface area (Å²) in [6.45, 7) is 2.81. The van der Waals surface area contributed by atoms with Crippen molar-refractivity contribution in [3.63, 3.8) is 0 Å². The number of carbonyl (C=O) groups is 2. The van der Waals surface area contributed by atoms with Gasteiger partial charge in [-0.15, -0.1) is 11.3 Å². The molecule has 1 saturated heterocycles. The molecular formula is C22H26FN3O2S. The molecular weight excluding hydrogens is 389 g/mol. The van der Waals surface area contributed by atoms with Gasteiger partial charge in [0.2, 0.25) is 5.91 Å². The van der Waals surface area contributed by atoms with Gasteiger partial charge in [0.15, 0.2) is 0 Å². The first-order valence-electron chi connectivity index (χ1n) is 10.3. The Balaban J connectivity index is 1.29. The number of benzene rings is 1. The number of hydrogen-bond acceptors (Lipinski definition) is 4. The molecule has 5 nitrogen and oxygen atoms in total. The second kappa shape index (κ2) is 8.95. The van der Waals surface area contributed by atoms with E-state index in [4.69, 9.17) is 0 Å². The lowest BCUT2D eigenvalue weighted by molar-refractivity contribution is -0.129. The van der Waals surface area contributed by atoms with E-state index in [1.54, 1.807) is 23.5 Å². The lowest BCUT2D eigenvalue weighted by Crippen LogP contribution is -2.41. The zero-order chi connectivity index (χ0) is 20.2. The molecule has 0 spiro atoms. The van der Waals surface area contributed by atoms with E-state index in [9.17, 15) is 14.0 Å². The van der Waals surface area contributed by atoms with Crippen molar-refractivity contribution in [2.45, 2.75) is 32.1 Å². The zero-order valence-corrected chi connectivity index (χ0v) is 17.3. The summed E-state index contributed by atoms with van der Waals surface area (Å²) in [4.78, 5) is 31.1. The molecule has 0 unspecified atom stereocenters. The molecule has 1 aliphatic heterocycles. The van der Waals surface area contributed by atoms with Crippen molar-refractivity contribution in [2.24, 2.45) is 0 Å². The van der Waals surface area contributed by atoms with Crippen LogP contribution in [0.15, 0.2) is 30.3 Å². The van der Waals surface area contributed by atoms with Gasteiger partial charge in [-0.2, -0.15) is 0 Å². The van der Waals surface area contributed by atoms with E-state index in [1.807, 2.05) is 11.0 Å². The minimum absolute atomic E-state index is 0.0257. The van der Waals surface area contributed by atoms with Gasteiger partial charge in [-0.05, 0) is 68.0 Å². The molecule has 1 N–H and O–H groups in total. The predicted octanol–water partition coefficient (Wildman–Crippen LogP) is 3.23. The molecule has 0 radical (unpaired) electrons. The van der Waals surface area contributed by atoms with Crippen LogP contribution >= 0.6 is 11.3 Å². The van der Waals surface area contributed by atoms with Gasteiger partial charge < -0.3 is 15.1 Å². The summed E-state index contributed by atoms with van der Waals surface area (Å²) in [6.07, 6.45) is 5.33. The van der Waals surface area contributed by atoms with Crippen molar-refractivity contribution in [1.82, 2.24) is 10.2 Å². The van der Waals surface area contributed by atoms with Gasteiger partial charge in [0, 0.05) is 36.7 Å². The van der Waals surface area contributed by atoms with Gasteiger partial charge in [-0.1, -0.05) is 0 Å².